The minimum absolute atomic E-state index is 0. The number of rotatable bonds is 9. The Morgan fingerprint density at radius 3 is 2.39 bits per heavy atom. The number of amides is 1. The van der Waals surface area contributed by atoms with Crippen LogP contribution in [0.25, 0.3) is 0 Å². The topological polar surface area (TPSA) is 70.6 Å². The van der Waals surface area contributed by atoms with Crippen LogP contribution in [0.3, 0.4) is 0 Å². The predicted octanol–water partition coefficient (Wildman–Crippen LogP) is 4.45. The van der Waals surface area contributed by atoms with E-state index in [1.54, 1.807) is 32.0 Å². The van der Waals surface area contributed by atoms with E-state index in [1.165, 1.54) is 38.5 Å². The Kier molecular flexibility index (Phi) is 7.83. The molecule has 0 spiro atoms. The van der Waals surface area contributed by atoms with Gasteiger partial charge in [-0.2, -0.15) is 0 Å². The van der Waals surface area contributed by atoms with Crippen LogP contribution >= 0.6 is 24.0 Å². The van der Waals surface area contributed by atoms with Crippen molar-refractivity contribution >= 4 is 29.9 Å². The summed E-state index contributed by atoms with van der Waals surface area (Å²) in [6, 6.07) is 5.24. The molecule has 3 N–H and O–H groups in total. The van der Waals surface area contributed by atoms with E-state index in [0.29, 0.717) is 41.4 Å². The highest BCUT2D eigenvalue weighted by atomic mass is 35.5. The van der Waals surface area contributed by atoms with Gasteiger partial charge in [0, 0.05) is 19.6 Å². The van der Waals surface area contributed by atoms with Crippen LogP contribution in [0.5, 0.6) is 5.75 Å². The lowest BCUT2D eigenvalue weighted by molar-refractivity contribution is -0.0503. The highest BCUT2D eigenvalue weighted by molar-refractivity contribution is 6.33. The van der Waals surface area contributed by atoms with Crippen molar-refractivity contribution in [3.05, 3.63) is 28.8 Å². The van der Waals surface area contributed by atoms with E-state index in [0.717, 1.165) is 24.3 Å². The Hall–Kier alpha value is -1.01. The number of ether oxygens (including phenoxy) is 1. The Bertz CT molecular complexity index is 743. The number of carbonyl (C=O) groups excluding carboxylic acids is 1. The first kappa shape index (κ1) is 24.6. The molecule has 0 unspecified atom stereocenters. The van der Waals surface area contributed by atoms with Gasteiger partial charge in [-0.25, -0.2) is 0 Å². The maximum atomic E-state index is 12.9. The van der Waals surface area contributed by atoms with E-state index < -0.39 is 5.60 Å². The molecule has 0 heterocycles. The van der Waals surface area contributed by atoms with Crippen LogP contribution in [0.4, 0.5) is 0 Å². The lowest BCUT2D eigenvalue weighted by atomic mass is 9.49. The van der Waals surface area contributed by atoms with Gasteiger partial charge in [-0.3, -0.25) is 4.79 Å². The summed E-state index contributed by atoms with van der Waals surface area (Å²) >= 11 is 6.32. The van der Waals surface area contributed by atoms with Gasteiger partial charge in [0.2, 0.25) is 0 Å². The van der Waals surface area contributed by atoms with Crippen molar-refractivity contribution in [2.75, 3.05) is 26.2 Å². The van der Waals surface area contributed by atoms with Gasteiger partial charge in [0.15, 0.2) is 0 Å². The van der Waals surface area contributed by atoms with Crippen molar-refractivity contribution < 1.29 is 14.6 Å². The molecule has 0 aliphatic heterocycles. The zero-order valence-corrected chi connectivity index (χ0v) is 20.2. The van der Waals surface area contributed by atoms with Crippen molar-refractivity contribution in [3.63, 3.8) is 0 Å². The van der Waals surface area contributed by atoms with Crippen LogP contribution in [-0.2, 0) is 0 Å². The minimum Gasteiger partial charge on any atom is -0.492 e. The predicted molar refractivity (Wildman–Crippen MR) is 126 cm³/mol. The van der Waals surface area contributed by atoms with Crippen LogP contribution in [0, 0.1) is 23.2 Å². The molecule has 4 bridgehead atoms. The smallest absolute Gasteiger partial charge is 0.252 e. The zero-order valence-electron chi connectivity index (χ0n) is 18.6. The second kappa shape index (κ2) is 9.86. The Labute approximate surface area is 197 Å². The largest absolute Gasteiger partial charge is 0.492 e. The third-order valence-electron chi connectivity index (χ3n) is 7.08. The fourth-order valence-corrected chi connectivity index (χ4v) is 6.48. The Morgan fingerprint density at radius 1 is 1.19 bits per heavy atom. The van der Waals surface area contributed by atoms with Crippen LogP contribution < -0.4 is 15.4 Å². The molecule has 5 rings (SSSR count). The third kappa shape index (κ3) is 6.28. The molecule has 4 aliphatic carbocycles. The molecule has 5 nitrogen and oxygen atoms in total. The van der Waals surface area contributed by atoms with Gasteiger partial charge >= 0.3 is 0 Å². The number of halogens is 2. The fraction of sp³-hybridized carbons (Fsp3) is 0.708. The van der Waals surface area contributed by atoms with Crippen molar-refractivity contribution in [1.29, 1.82) is 0 Å². The molecule has 4 aliphatic rings. The van der Waals surface area contributed by atoms with Gasteiger partial charge in [0.1, 0.15) is 12.4 Å². The summed E-state index contributed by atoms with van der Waals surface area (Å²) in [5.74, 6) is 3.14. The molecule has 7 heteroatoms. The van der Waals surface area contributed by atoms with Crippen LogP contribution in [0.2, 0.25) is 5.02 Å². The van der Waals surface area contributed by atoms with Crippen molar-refractivity contribution in [2.45, 2.75) is 58.0 Å². The first-order valence-electron chi connectivity index (χ1n) is 11.4. The minimum atomic E-state index is -0.748. The van der Waals surface area contributed by atoms with E-state index >= 15 is 0 Å². The lowest BCUT2D eigenvalue weighted by Crippen LogP contribution is -2.51. The fourth-order valence-electron chi connectivity index (χ4n) is 6.27. The maximum Gasteiger partial charge on any atom is 0.252 e. The standard InChI is InChI=1S/C24H35ClN2O3.ClH/c1-23(2,29)14-26-5-6-30-19-3-4-21(25)20(10-19)22(28)27-15-24-11-16-7-17(12-24)9-18(8-16)13-24;/h3-4,10,16-18,26,29H,5-9,11-15H2,1-2H3,(H,27,28);1H. The van der Waals surface area contributed by atoms with Gasteiger partial charge in [-0.15, -0.1) is 12.4 Å². The second-order valence-corrected chi connectivity index (χ2v) is 11.0. The molecule has 1 amide bonds. The van der Waals surface area contributed by atoms with E-state index in [1.807, 2.05) is 0 Å². The molecule has 1 aromatic rings. The normalized spacial score (nSPS) is 28.8. The van der Waals surface area contributed by atoms with Gasteiger partial charge < -0.3 is 20.5 Å². The van der Waals surface area contributed by atoms with Gasteiger partial charge in [0.05, 0.1) is 16.2 Å². The number of hydrogen-bond donors (Lipinski definition) is 3. The Balaban J connectivity index is 0.00000272. The highest BCUT2D eigenvalue weighted by Crippen LogP contribution is 2.59. The molecule has 0 radical (unpaired) electrons. The SMILES string of the molecule is CC(C)(O)CNCCOc1ccc(Cl)c(C(=O)NCC23CC4CC(CC(C4)C2)C3)c1.Cl. The summed E-state index contributed by atoms with van der Waals surface area (Å²) in [4.78, 5) is 12.9. The molecular weight excluding hydrogens is 435 g/mol. The number of carbonyl (C=O) groups is 1. The van der Waals surface area contributed by atoms with Gasteiger partial charge in [0.25, 0.3) is 5.91 Å². The molecule has 31 heavy (non-hydrogen) atoms. The number of benzene rings is 1. The van der Waals surface area contributed by atoms with E-state index in [2.05, 4.69) is 10.6 Å². The zero-order chi connectivity index (χ0) is 21.4. The average molecular weight is 471 g/mol. The molecule has 4 saturated carbocycles. The number of aliphatic hydroxyl groups is 1. The molecule has 0 saturated heterocycles. The summed E-state index contributed by atoms with van der Waals surface area (Å²) in [6.45, 7) is 5.83. The van der Waals surface area contributed by atoms with Crippen molar-refractivity contribution in [3.8, 4) is 5.75 Å². The molecule has 4 fully saturated rings. The molecule has 1 aromatic carbocycles. The van der Waals surface area contributed by atoms with Crippen molar-refractivity contribution in [1.82, 2.24) is 10.6 Å². The van der Waals surface area contributed by atoms with Crippen LogP contribution in [-0.4, -0.2) is 42.9 Å². The average Bonchev–Trinajstić information content (AvgIpc) is 2.65. The van der Waals surface area contributed by atoms with Crippen molar-refractivity contribution in [2.24, 2.45) is 23.2 Å². The third-order valence-corrected chi connectivity index (χ3v) is 7.41. The summed E-state index contributed by atoms with van der Waals surface area (Å²) < 4.78 is 5.76. The molecular formula is C24H36Cl2N2O3. The summed E-state index contributed by atoms with van der Waals surface area (Å²) in [5, 5.41) is 16.5. The lowest BCUT2D eigenvalue weighted by Gasteiger charge is -2.56. The van der Waals surface area contributed by atoms with E-state index in [4.69, 9.17) is 16.3 Å². The summed E-state index contributed by atoms with van der Waals surface area (Å²) in [6.07, 6.45) is 8.03. The monoisotopic (exact) mass is 470 g/mol. The molecule has 0 aromatic heterocycles. The number of hydrogen-bond acceptors (Lipinski definition) is 4. The van der Waals surface area contributed by atoms with Gasteiger partial charge in [-0.05, 0) is 93.7 Å². The summed E-state index contributed by atoms with van der Waals surface area (Å²) in [5.41, 5.74) is 0.0303. The highest BCUT2D eigenvalue weighted by Gasteiger charge is 2.50. The quantitative estimate of drug-likeness (QED) is 0.466. The summed E-state index contributed by atoms with van der Waals surface area (Å²) in [7, 11) is 0. The van der Waals surface area contributed by atoms with Crippen LogP contribution in [0.15, 0.2) is 18.2 Å². The first-order valence-corrected chi connectivity index (χ1v) is 11.7. The maximum absolute atomic E-state index is 12.9. The Morgan fingerprint density at radius 2 is 1.81 bits per heavy atom. The molecule has 174 valence electrons. The van der Waals surface area contributed by atoms with E-state index in [-0.39, 0.29) is 18.3 Å². The first-order chi connectivity index (χ1) is 14.2. The molecule has 0 atom stereocenters. The second-order valence-electron chi connectivity index (χ2n) is 10.6. The van der Waals surface area contributed by atoms with Crippen LogP contribution in [0.1, 0.15) is 62.7 Å². The van der Waals surface area contributed by atoms with Gasteiger partial charge in [-0.1, -0.05) is 11.6 Å². The number of nitrogens with one attached hydrogen (secondary N) is 2. The van der Waals surface area contributed by atoms with E-state index in [9.17, 15) is 9.90 Å².